The summed E-state index contributed by atoms with van der Waals surface area (Å²) in [4.78, 5) is 18.8. The molecule has 1 heterocycles. The van der Waals surface area contributed by atoms with Crippen molar-refractivity contribution < 1.29 is 9.21 Å². The van der Waals surface area contributed by atoms with E-state index in [-0.39, 0.29) is 12.3 Å². The van der Waals surface area contributed by atoms with Crippen molar-refractivity contribution in [3.05, 3.63) is 65.0 Å². The van der Waals surface area contributed by atoms with Gasteiger partial charge in [-0.1, -0.05) is 23.7 Å². The van der Waals surface area contributed by atoms with Crippen LogP contribution in [0.3, 0.4) is 0 Å². The van der Waals surface area contributed by atoms with E-state index < -0.39 is 0 Å². The summed E-state index contributed by atoms with van der Waals surface area (Å²) in [7, 11) is 3.94. The molecule has 1 N–H and O–H groups in total. The zero-order chi connectivity index (χ0) is 18.7. The van der Waals surface area contributed by atoms with Crippen LogP contribution in [0.1, 0.15) is 11.5 Å². The third kappa shape index (κ3) is 4.06. The van der Waals surface area contributed by atoms with Gasteiger partial charge in [-0.2, -0.15) is 0 Å². The van der Waals surface area contributed by atoms with Crippen molar-refractivity contribution in [2.45, 2.75) is 13.3 Å². The second-order valence-corrected chi connectivity index (χ2v) is 6.58. The second-order valence-electron chi connectivity index (χ2n) is 6.17. The number of nitrogens with zero attached hydrogens (tertiary/aromatic N) is 2. The molecular formula is C20H20ClN3O2. The Morgan fingerprint density at radius 2 is 1.85 bits per heavy atom. The highest BCUT2D eigenvalue weighted by atomic mass is 35.5. The van der Waals surface area contributed by atoms with E-state index in [2.05, 4.69) is 10.3 Å². The van der Waals surface area contributed by atoms with Crippen LogP contribution in [0.2, 0.25) is 5.02 Å². The Hall–Kier alpha value is -2.79. The summed E-state index contributed by atoms with van der Waals surface area (Å²) in [5.74, 6) is 0.883. The predicted molar refractivity (Wildman–Crippen MR) is 105 cm³/mol. The molecule has 134 valence electrons. The van der Waals surface area contributed by atoms with Crippen LogP contribution < -0.4 is 10.2 Å². The van der Waals surface area contributed by atoms with Gasteiger partial charge in [-0.3, -0.25) is 4.79 Å². The quantitative estimate of drug-likeness (QED) is 0.716. The van der Waals surface area contributed by atoms with E-state index >= 15 is 0 Å². The van der Waals surface area contributed by atoms with Crippen LogP contribution in [0.15, 0.2) is 52.9 Å². The highest BCUT2D eigenvalue weighted by Crippen LogP contribution is 2.28. The van der Waals surface area contributed by atoms with Crippen molar-refractivity contribution in [3.63, 3.8) is 0 Å². The van der Waals surface area contributed by atoms with Gasteiger partial charge in [0.2, 0.25) is 11.8 Å². The molecule has 0 radical (unpaired) electrons. The van der Waals surface area contributed by atoms with Gasteiger partial charge < -0.3 is 14.6 Å². The maximum atomic E-state index is 12.3. The highest BCUT2D eigenvalue weighted by Gasteiger charge is 2.16. The minimum Gasteiger partial charge on any atom is -0.441 e. The number of amides is 1. The molecule has 0 spiro atoms. The zero-order valence-corrected chi connectivity index (χ0v) is 15.7. The number of carbonyl (C=O) groups is 1. The van der Waals surface area contributed by atoms with E-state index in [4.69, 9.17) is 16.0 Å². The van der Waals surface area contributed by atoms with Crippen molar-refractivity contribution in [2.24, 2.45) is 0 Å². The van der Waals surface area contributed by atoms with Crippen LogP contribution in [-0.2, 0) is 11.2 Å². The molecule has 0 unspecified atom stereocenters. The molecule has 0 aliphatic heterocycles. The third-order valence-electron chi connectivity index (χ3n) is 3.99. The number of anilines is 2. The van der Waals surface area contributed by atoms with Crippen molar-refractivity contribution >= 4 is 28.9 Å². The van der Waals surface area contributed by atoms with E-state index in [0.29, 0.717) is 27.9 Å². The van der Waals surface area contributed by atoms with Crippen LogP contribution in [0.4, 0.5) is 11.4 Å². The summed E-state index contributed by atoms with van der Waals surface area (Å²) < 4.78 is 5.69. The molecule has 1 aromatic heterocycles. The molecule has 1 amide bonds. The molecule has 0 saturated heterocycles. The fourth-order valence-electron chi connectivity index (χ4n) is 2.54. The maximum absolute atomic E-state index is 12.3. The Labute approximate surface area is 157 Å². The lowest BCUT2D eigenvalue weighted by molar-refractivity contribution is -0.115. The molecule has 0 fully saturated rings. The van der Waals surface area contributed by atoms with Crippen molar-refractivity contribution in [3.8, 4) is 11.5 Å². The molecular weight excluding hydrogens is 350 g/mol. The van der Waals surface area contributed by atoms with Crippen LogP contribution in [0.5, 0.6) is 0 Å². The summed E-state index contributed by atoms with van der Waals surface area (Å²) in [6.45, 7) is 1.79. The number of hydrogen-bond donors (Lipinski definition) is 1. The van der Waals surface area contributed by atoms with E-state index in [1.165, 1.54) is 0 Å². The van der Waals surface area contributed by atoms with Gasteiger partial charge >= 0.3 is 0 Å². The maximum Gasteiger partial charge on any atom is 0.230 e. The normalized spacial score (nSPS) is 10.6. The predicted octanol–water partition coefficient (Wildman–Crippen LogP) is 4.55. The van der Waals surface area contributed by atoms with Gasteiger partial charge in [-0.05, 0) is 43.3 Å². The first-order valence-corrected chi connectivity index (χ1v) is 8.60. The molecule has 5 nitrogen and oxygen atoms in total. The van der Waals surface area contributed by atoms with Gasteiger partial charge in [-0.25, -0.2) is 4.98 Å². The fraction of sp³-hybridized carbons (Fsp3) is 0.200. The summed E-state index contributed by atoms with van der Waals surface area (Å²) in [6, 6.07) is 15.0. The first kappa shape index (κ1) is 18.0. The van der Waals surface area contributed by atoms with Crippen LogP contribution in [0.25, 0.3) is 11.5 Å². The topological polar surface area (TPSA) is 58.4 Å². The van der Waals surface area contributed by atoms with E-state index in [0.717, 1.165) is 11.4 Å². The van der Waals surface area contributed by atoms with Gasteiger partial charge in [-0.15, -0.1) is 0 Å². The van der Waals surface area contributed by atoms with Gasteiger partial charge in [0.05, 0.1) is 22.7 Å². The third-order valence-corrected chi connectivity index (χ3v) is 4.32. The van der Waals surface area contributed by atoms with E-state index in [1.807, 2.05) is 61.5 Å². The molecule has 0 bridgehead atoms. The van der Waals surface area contributed by atoms with Gasteiger partial charge in [0.15, 0.2) is 0 Å². The molecule has 3 aromatic rings. The molecule has 3 rings (SSSR count). The molecule has 26 heavy (non-hydrogen) atoms. The Morgan fingerprint density at radius 1 is 1.15 bits per heavy atom. The van der Waals surface area contributed by atoms with E-state index in [9.17, 15) is 4.79 Å². The monoisotopic (exact) mass is 369 g/mol. The largest absolute Gasteiger partial charge is 0.441 e. The number of nitrogens with one attached hydrogen (secondary N) is 1. The molecule has 0 atom stereocenters. The minimum absolute atomic E-state index is 0.134. The van der Waals surface area contributed by atoms with Crippen molar-refractivity contribution in [2.75, 3.05) is 24.3 Å². The lowest BCUT2D eigenvalue weighted by Gasteiger charge is -2.12. The Balaban J connectivity index is 1.71. The number of halogens is 1. The first-order chi connectivity index (χ1) is 12.4. The van der Waals surface area contributed by atoms with Crippen LogP contribution >= 0.6 is 11.6 Å². The Bertz CT molecular complexity index is 917. The molecule has 2 aromatic carbocycles. The molecule has 0 aliphatic carbocycles. The van der Waals surface area contributed by atoms with Crippen LogP contribution in [0, 0.1) is 6.92 Å². The van der Waals surface area contributed by atoms with Crippen molar-refractivity contribution in [1.82, 2.24) is 4.98 Å². The standard InChI is InChI=1S/C20H20ClN3O2/c1-13-18(23-20(26-13)16-6-4-5-7-17(16)21)12-19(25)22-14-8-10-15(11-9-14)24(2)3/h4-11H,12H2,1-3H3,(H,22,25). The number of aryl methyl sites for hydroxylation is 1. The summed E-state index contributed by atoms with van der Waals surface area (Å²) in [6.07, 6.45) is 0.134. The minimum atomic E-state index is -0.148. The summed E-state index contributed by atoms with van der Waals surface area (Å²) in [5, 5.41) is 3.44. The molecule has 0 aliphatic rings. The number of aromatic nitrogens is 1. The van der Waals surface area contributed by atoms with Crippen LogP contribution in [-0.4, -0.2) is 25.0 Å². The number of rotatable bonds is 5. The highest BCUT2D eigenvalue weighted by molar-refractivity contribution is 6.33. The van der Waals surface area contributed by atoms with E-state index in [1.54, 1.807) is 13.0 Å². The van der Waals surface area contributed by atoms with Gasteiger partial charge in [0.25, 0.3) is 0 Å². The average molecular weight is 370 g/mol. The smallest absolute Gasteiger partial charge is 0.230 e. The Kier molecular flexibility index (Phi) is 5.28. The number of benzene rings is 2. The van der Waals surface area contributed by atoms with Crippen molar-refractivity contribution in [1.29, 1.82) is 0 Å². The average Bonchev–Trinajstić information content (AvgIpc) is 2.96. The summed E-state index contributed by atoms with van der Waals surface area (Å²) in [5.41, 5.74) is 3.12. The first-order valence-electron chi connectivity index (χ1n) is 8.22. The second kappa shape index (κ2) is 7.62. The summed E-state index contributed by atoms with van der Waals surface area (Å²) >= 11 is 6.19. The Morgan fingerprint density at radius 3 is 2.50 bits per heavy atom. The lowest BCUT2D eigenvalue weighted by atomic mass is 10.2. The zero-order valence-electron chi connectivity index (χ0n) is 14.9. The number of carbonyl (C=O) groups excluding carboxylic acids is 1. The SMILES string of the molecule is Cc1oc(-c2ccccc2Cl)nc1CC(=O)Nc1ccc(N(C)C)cc1. The molecule has 6 heteroatoms. The lowest BCUT2D eigenvalue weighted by Crippen LogP contribution is -2.15. The van der Waals surface area contributed by atoms with Gasteiger partial charge in [0, 0.05) is 25.5 Å². The number of oxazole rings is 1. The van der Waals surface area contributed by atoms with Gasteiger partial charge in [0.1, 0.15) is 5.76 Å². The molecule has 0 saturated carbocycles. The fourth-order valence-corrected chi connectivity index (χ4v) is 2.76. The number of hydrogen-bond acceptors (Lipinski definition) is 4.